The first kappa shape index (κ1) is 23.2. The van der Waals surface area contributed by atoms with Gasteiger partial charge < -0.3 is 20.1 Å². The van der Waals surface area contributed by atoms with Gasteiger partial charge in [-0.15, -0.1) is 0 Å². The van der Waals surface area contributed by atoms with Crippen molar-refractivity contribution in [1.29, 1.82) is 0 Å². The zero-order chi connectivity index (χ0) is 22.2. The Kier molecular flexibility index (Phi) is 8.40. The lowest BCUT2D eigenvalue weighted by Crippen LogP contribution is -2.45. The van der Waals surface area contributed by atoms with Gasteiger partial charge in [0.15, 0.2) is 11.5 Å². The molecule has 0 saturated heterocycles. The van der Waals surface area contributed by atoms with E-state index in [0.717, 1.165) is 6.42 Å². The number of fused-ring (bicyclic) bond motifs is 1. The third kappa shape index (κ3) is 7.02. The van der Waals surface area contributed by atoms with Crippen molar-refractivity contribution in [1.82, 2.24) is 10.2 Å². The maximum Gasteiger partial charge on any atom is 0.238 e. The number of hydrogen-bond acceptors (Lipinski definition) is 5. The fourth-order valence-corrected chi connectivity index (χ4v) is 3.62. The molecule has 31 heavy (non-hydrogen) atoms. The predicted octanol–water partition coefficient (Wildman–Crippen LogP) is 3.60. The number of carbonyl (C=O) groups is 2. The highest BCUT2D eigenvalue weighted by Crippen LogP contribution is 2.30. The second kappa shape index (κ2) is 11.2. The Labute approximate surface area is 191 Å². The normalized spacial score (nSPS) is 14.9. The van der Waals surface area contributed by atoms with Gasteiger partial charge >= 0.3 is 0 Å². The number of rotatable bonds is 9. The van der Waals surface area contributed by atoms with Gasteiger partial charge in [-0.25, -0.2) is 0 Å². The van der Waals surface area contributed by atoms with E-state index in [1.165, 1.54) is 0 Å². The summed E-state index contributed by atoms with van der Waals surface area (Å²) in [5.41, 5.74) is 0.478. The van der Waals surface area contributed by atoms with Crippen LogP contribution in [-0.4, -0.2) is 55.6 Å². The molecule has 0 bridgehead atoms. The monoisotopic (exact) mass is 465 g/mol. The van der Waals surface area contributed by atoms with Crippen molar-refractivity contribution in [2.24, 2.45) is 0 Å². The Hall–Kier alpha value is -2.48. The molecule has 1 heterocycles. The second-order valence-electron chi connectivity index (χ2n) is 7.18. The molecule has 0 fully saturated rings. The molecule has 0 saturated carbocycles. The molecule has 2 N–H and O–H groups in total. The number of carbonyl (C=O) groups excluding carboxylic acids is 2. The molecule has 0 aliphatic carbocycles. The number of nitrogens with zero attached hydrogens (tertiary/aromatic N) is 1. The smallest absolute Gasteiger partial charge is 0.238 e. The summed E-state index contributed by atoms with van der Waals surface area (Å²) >= 11 is 12.0. The molecule has 0 aromatic heterocycles. The number of amides is 2. The van der Waals surface area contributed by atoms with E-state index in [2.05, 4.69) is 10.6 Å². The summed E-state index contributed by atoms with van der Waals surface area (Å²) in [6, 6.07) is 12.3. The lowest BCUT2D eigenvalue weighted by atomic mass is 10.2. The van der Waals surface area contributed by atoms with Gasteiger partial charge in [-0.1, -0.05) is 42.3 Å². The first-order valence-corrected chi connectivity index (χ1v) is 10.8. The van der Waals surface area contributed by atoms with Gasteiger partial charge in [0.1, 0.15) is 12.7 Å². The van der Waals surface area contributed by atoms with Crippen LogP contribution in [-0.2, 0) is 9.59 Å². The van der Waals surface area contributed by atoms with Gasteiger partial charge in [0.25, 0.3) is 0 Å². The van der Waals surface area contributed by atoms with Crippen molar-refractivity contribution in [3.05, 3.63) is 52.5 Å². The molecule has 9 heteroatoms. The van der Waals surface area contributed by atoms with Crippen molar-refractivity contribution in [2.75, 3.05) is 38.1 Å². The number of nitrogens with one attached hydrogen (secondary N) is 2. The van der Waals surface area contributed by atoms with E-state index in [4.69, 9.17) is 32.7 Å². The van der Waals surface area contributed by atoms with Crippen LogP contribution >= 0.6 is 23.2 Å². The molecule has 3 rings (SSSR count). The fraction of sp³-hybridized carbons (Fsp3) is 0.364. The van der Waals surface area contributed by atoms with Crippen LogP contribution < -0.4 is 20.1 Å². The largest absolute Gasteiger partial charge is 0.486 e. The lowest BCUT2D eigenvalue weighted by molar-refractivity contribution is -0.123. The van der Waals surface area contributed by atoms with Gasteiger partial charge in [-0.3, -0.25) is 14.5 Å². The first-order valence-electron chi connectivity index (χ1n) is 10.1. The molecule has 2 amide bonds. The van der Waals surface area contributed by atoms with Crippen LogP contribution in [0, 0.1) is 0 Å². The average molecular weight is 466 g/mol. The fourth-order valence-electron chi connectivity index (χ4n) is 3.16. The van der Waals surface area contributed by atoms with Gasteiger partial charge in [0.2, 0.25) is 11.8 Å². The number of benzene rings is 2. The second-order valence-corrected chi connectivity index (χ2v) is 8.03. The molecular weight excluding hydrogens is 441 g/mol. The number of hydrogen-bond donors (Lipinski definition) is 2. The highest BCUT2D eigenvalue weighted by atomic mass is 35.5. The summed E-state index contributed by atoms with van der Waals surface area (Å²) in [6.45, 7) is 3.44. The minimum atomic E-state index is -0.270. The molecule has 2 aromatic carbocycles. The van der Waals surface area contributed by atoms with Crippen LogP contribution in [0.5, 0.6) is 11.5 Å². The third-order valence-corrected chi connectivity index (χ3v) is 5.12. The molecule has 1 aliphatic heterocycles. The number of anilines is 1. The molecular formula is C22H25Cl2N3O4. The van der Waals surface area contributed by atoms with Crippen molar-refractivity contribution in [2.45, 2.75) is 19.4 Å². The Balaban J connectivity index is 1.46. The van der Waals surface area contributed by atoms with Gasteiger partial charge in [0, 0.05) is 5.02 Å². The van der Waals surface area contributed by atoms with Crippen LogP contribution in [0.4, 0.5) is 5.69 Å². The molecule has 0 radical (unpaired) electrons. The van der Waals surface area contributed by atoms with E-state index in [1.54, 1.807) is 23.1 Å². The number of halogens is 2. The zero-order valence-corrected chi connectivity index (χ0v) is 18.7. The van der Waals surface area contributed by atoms with Crippen LogP contribution in [0.25, 0.3) is 0 Å². The van der Waals surface area contributed by atoms with Crippen molar-refractivity contribution in [3.8, 4) is 11.5 Å². The van der Waals surface area contributed by atoms with Gasteiger partial charge in [-0.2, -0.15) is 0 Å². The first-order chi connectivity index (χ1) is 14.9. The molecule has 1 aliphatic rings. The van der Waals surface area contributed by atoms with Crippen molar-refractivity contribution < 1.29 is 19.1 Å². The van der Waals surface area contributed by atoms with Crippen LogP contribution in [0.3, 0.4) is 0 Å². The van der Waals surface area contributed by atoms with E-state index < -0.39 is 0 Å². The van der Waals surface area contributed by atoms with E-state index in [-0.39, 0.29) is 31.0 Å². The molecule has 1 atom stereocenters. The van der Waals surface area contributed by atoms with Gasteiger partial charge in [-0.05, 0) is 43.3 Å². The molecule has 1 unspecified atom stereocenters. The van der Waals surface area contributed by atoms with E-state index >= 15 is 0 Å². The predicted molar refractivity (Wildman–Crippen MR) is 121 cm³/mol. The summed E-state index contributed by atoms with van der Waals surface area (Å²) in [5, 5.41) is 6.46. The minimum absolute atomic E-state index is 0.0661. The molecule has 2 aromatic rings. The molecule has 7 nitrogen and oxygen atoms in total. The zero-order valence-electron chi connectivity index (χ0n) is 17.2. The highest BCUT2D eigenvalue weighted by Gasteiger charge is 2.22. The summed E-state index contributed by atoms with van der Waals surface area (Å²) in [5.74, 6) is 0.920. The highest BCUT2D eigenvalue weighted by molar-refractivity contribution is 6.36. The van der Waals surface area contributed by atoms with E-state index in [0.29, 0.717) is 46.9 Å². The lowest BCUT2D eigenvalue weighted by Gasteiger charge is -2.27. The maximum atomic E-state index is 12.4. The summed E-state index contributed by atoms with van der Waals surface area (Å²) < 4.78 is 11.5. The van der Waals surface area contributed by atoms with Gasteiger partial charge in [0.05, 0.1) is 30.3 Å². The van der Waals surface area contributed by atoms with Crippen LogP contribution in [0.2, 0.25) is 10.0 Å². The van der Waals surface area contributed by atoms with E-state index in [9.17, 15) is 9.59 Å². The Morgan fingerprint density at radius 3 is 2.58 bits per heavy atom. The Morgan fingerprint density at radius 2 is 1.84 bits per heavy atom. The molecule has 0 spiro atoms. The Morgan fingerprint density at radius 1 is 1.10 bits per heavy atom. The maximum absolute atomic E-state index is 12.4. The van der Waals surface area contributed by atoms with Crippen molar-refractivity contribution >= 4 is 40.7 Å². The minimum Gasteiger partial charge on any atom is -0.486 e. The topological polar surface area (TPSA) is 79.9 Å². The van der Waals surface area contributed by atoms with E-state index in [1.807, 2.05) is 31.2 Å². The standard InChI is InChI=1S/C22H25Cl2N3O4/c1-2-9-27(13-22(29)26-18-8-7-15(23)10-17(18)24)12-21(28)25-11-16-14-30-19-5-3-4-6-20(19)31-16/h3-8,10,16H,2,9,11-14H2,1H3,(H,25,28)(H,26,29). The quantitative estimate of drug-likeness (QED) is 0.591. The summed E-state index contributed by atoms with van der Waals surface area (Å²) in [4.78, 5) is 26.6. The number of ether oxygens (including phenoxy) is 2. The summed E-state index contributed by atoms with van der Waals surface area (Å²) in [6.07, 6.45) is 0.535. The average Bonchev–Trinajstić information content (AvgIpc) is 2.74. The summed E-state index contributed by atoms with van der Waals surface area (Å²) in [7, 11) is 0. The third-order valence-electron chi connectivity index (χ3n) is 4.57. The Bertz CT molecular complexity index is 925. The van der Waals surface area contributed by atoms with Crippen molar-refractivity contribution in [3.63, 3.8) is 0 Å². The van der Waals surface area contributed by atoms with Crippen LogP contribution in [0.1, 0.15) is 13.3 Å². The molecule has 166 valence electrons. The van der Waals surface area contributed by atoms with Crippen LogP contribution in [0.15, 0.2) is 42.5 Å². The SMILES string of the molecule is CCCN(CC(=O)NCC1COc2ccccc2O1)CC(=O)Nc1ccc(Cl)cc1Cl. The number of para-hydroxylation sites is 2.